The van der Waals surface area contributed by atoms with Crippen LogP contribution < -0.4 is 11.1 Å². The molecule has 2 atom stereocenters. The molecular weight excluding hydrogens is 366 g/mol. The van der Waals surface area contributed by atoms with Crippen LogP contribution in [0.5, 0.6) is 5.75 Å². The van der Waals surface area contributed by atoms with Gasteiger partial charge in [0.2, 0.25) is 11.8 Å². The Morgan fingerprint density at radius 1 is 1.27 bits per heavy atom. The smallest absolute Gasteiger partial charge is 0.323 e. The van der Waals surface area contributed by atoms with Gasteiger partial charge >= 0.3 is 5.97 Å². The molecule has 1 aromatic rings. The van der Waals surface area contributed by atoms with E-state index in [4.69, 9.17) is 10.8 Å². The van der Waals surface area contributed by atoms with E-state index in [1.165, 1.54) is 12.1 Å². The summed E-state index contributed by atoms with van der Waals surface area (Å²) in [5.41, 5.74) is 6.57. The highest BCUT2D eigenvalue weighted by Crippen LogP contribution is 2.14. The fraction of sp³-hybridized carbons (Fsp3) is 0.375. The molecule has 0 unspecified atom stereocenters. The Bertz CT molecular complexity index is 694. The zero-order chi connectivity index (χ0) is 18.6. The average molecular weight is 386 g/mol. The maximum Gasteiger partial charge on any atom is 0.323 e. The number of likely N-dealkylation sites (tertiary alicyclic amines) is 1. The van der Waals surface area contributed by atoms with E-state index in [1.807, 2.05) is 0 Å². The number of halogens is 1. The number of carbonyl (C=O) groups excluding carboxylic acids is 3. The molecule has 0 bridgehead atoms. The molecule has 0 aromatic heterocycles. The molecule has 3 amide bonds. The summed E-state index contributed by atoms with van der Waals surface area (Å²) >= 11 is 0. The molecule has 0 spiro atoms. The van der Waals surface area contributed by atoms with Gasteiger partial charge < -0.3 is 21.3 Å². The van der Waals surface area contributed by atoms with Gasteiger partial charge in [0.1, 0.15) is 18.3 Å². The van der Waals surface area contributed by atoms with E-state index < -0.39 is 42.3 Å². The summed E-state index contributed by atoms with van der Waals surface area (Å²) in [7, 11) is 0. The van der Waals surface area contributed by atoms with Gasteiger partial charge in [0.25, 0.3) is 5.91 Å². The third-order valence-corrected chi connectivity index (χ3v) is 3.85. The molecule has 1 saturated heterocycles. The molecule has 26 heavy (non-hydrogen) atoms. The van der Waals surface area contributed by atoms with E-state index >= 15 is 0 Å². The van der Waals surface area contributed by atoms with Crippen LogP contribution in [-0.2, 0) is 25.6 Å². The van der Waals surface area contributed by atoms with Crippen molar-refractivity contribution in [3.05, 3.63) is 29.8 Å². The molecular formula is C16H20ClN3O6. The maximum atomic E-state index is 12.2. The number of phenols is 1. The number of nitrogens with two attached hydrogens (primary N) is 1. The molecule has 142 valence electrons. The number of benzene rings is 1. The van der Waals surface area contributed by atoms with E-state index in [0.717, 1.165) is 5.56 Å². The van der Waals surface area contributed by atoms with Crippen LogP contribution in [-0.4, -0.2) is 57.4 Å². The lowest BCUT2D eigenvalue weighted by molar-refractivity contribution is -0.156. The highest BCUT2D eigenvalue weighted by atomic mass is 35.5. The number of carboxylic acids is 1. The summed E-state index contributed by atoms with van der Waals surface area (Å²) in [6.45, 7) is -0.733. The molecule has 0 radical (unpaired) electrons. The van der Waals surface area contributed by atoms with Crippen molar-refractivity contribution in [2.75, 3.05) is 6.54 Å². The summed E-state index contributed by atoms with van der Waals surface area (Å²) < 4.78 is 0. The van der Waals surface area contributed by atoms with Crippen LogP contribution in [0, 0.1) is 0 Å². The molecule has 10 heteroatoms. The second-order valence-corrected chi connectivity index (χ2v) is 5.79. The molecule has 1 aliphatic heterocycles. The number of piperidine rings is 1. The normalized spacial score (nSPS) is 18.0. The largest absolute Gasteiger partial charge is 0.508 e. The number of aliphatic carboxylic acids is 1. The first-order chi connectivity index (χ1) is 11.8. The van der Waals surface area contributed by atoms with Crippen molar-refractivity contribution in [2.45, 2.75) is 31.3 Å². The summed E-state index contributed by atoms with van der Waals surface area (Å²) in [4.78, 5) is 47.4. The van der Waals surface area contributed by atoms with Crippen molar-refractivity contribution in [3.63, 3.8) is 0 Å². The number of hydrogen-bond donors (Lipinski definition) is 4. The summed E-state index contributed by atoms with van der Waals surface area (Å²) in [6.07, 6.45) is 0.271. The van der Waals surface area contributed by atoms with Gasteiger partial charge in [-0.1, -0.05) is 12.1 Å². The first-order valence-corrected chi connectivity index (χ1v) is 7.68. The number of carboxylic acid groups (broad SMARTS) is 1. The van der Waals surface area contributed by atoms with Crippen molar-refractivity contribution in [1.29, 1.82) is 0 Å². The number of imide groups is 1. The number of amides is 3. The van der Waals surface area contributed by atoms with Crippen LogP contribution in [0.25, 0.3) is 0 Å². The van der Waals surface area contributed by atoms with Crippen molar-refractivity contribution in [1.82, 2.24) is 10.2 Å². The molecule has 5 N–H and O–H groups in total. The molecule has 1 fully saturated rings. The number of carbonyl (C=O) groups is 4. The summed E-state index contributed by atoms with van der Waals surface area (Å²) in [5.74, 6) is -3.11. The molecule has 0 saturated carbocycles. The Morgan fingerprint density at radius 3 is 2.46 bits per heavy atom. The second kappa shape index (κ2) is 9.16. The minimum Gasteiger partial charge on any atom is -0.508 e. The molecule has 9 nitrogen and oxygen atoms in total. The number of nitrogens with zero attached hydrogens (tertiary/aromatic N) is 1. The number of hydrogen-bond acceptors (Lipinski definition) is 6. The topological polar surface area (TPSA) is 150 Å². The number of aromatic hydroxyl groups is 1. The monoisotopic (exact) mass is 385 g/mol. The number of rotatable bonds is 6. The van der Waals surface area contributed by atoms with Gasteiger partial charge in [0.05, 0.1) is 6.04 Å². The second-order valence-electron chi connectivity index (χ2n) is 5.79. The first-order valence-electron chi connectivity index (χ1n) is 7.68. The Morgan fingerprint density at radius 2 is 1.88 bits per heavy atom. The van der Waals surface area contributed by atoms with Crippen LogP contribution in [0.3, 0.4) is 0 Å². The lowest BCUT2D eigenvalue weighted by Crippen LogP contribution is -2.57. The first kappa shape index (κ1) is 21.4. The van der Waals surface area contributed by atoms with Crippen molar-refractivity contribution in [2.24, 2.45) is 5.73 Å². The zero-order valence-corrected chi connectivity index (χ0v) is 14.6. The molecule has 1 aliphatic rings. The quantitative estimate of drug-likeness (QED) is 0.477. The van der Waals surface area contributed by atoms with E-state index in [2.05, 4.69) is 5.32 Å². The number of nitrogens with one attached hydrogen (secondary N) is 1. The lowest BCUT2D eigenvalue weighted by Gasteiger charge is -2.30. The van der Waals surface area contributed by atoms with Crippen LogP contribution in [0.15, 0.2) is 24.3 Å². The standard InChI is InChI=1S/C16H19N3O6.ClH/c17-11(7-9-1-3-10(20)4-2-9)15(24)18-12-5-6-13(21)19(16(12)25)8-14(22)23;/h1-4,11-12,20H,5-8,17H2,(H,18,24)(H,22,23);1H/t11-,12-;/m0./s1. The van der Waals surface area contributed by atoms with Crippen molar-refractivity contribution in [3.8, 4) is 5.75 Å². The Hall–Kier alpha value is -2.65. The van der Waals surface area contributed by atoms with E-state index in [-0.39, 0.29) is 37.4 Å². The highest BCUT2D eigenvalue weighted by Gasteiger charge is 2.36. The van der Waals surface area contributed by atoms with E-state index in [9.17, 15) is 24.3 Å². The Kier molecular flexibility index (Phi) is 7.54. The molecule has 1 aromatic carbocycles. The number of phenolic OH excluding ortho intramolecular Hbond substituents is 1. The third-order valence-electron chi connectivity index (χ3n) is 3.85. The van der Waals surface area contributed by atoms with Gasteiger partial charge in [-0.15, -0.1) is 12.4 Å². The van der Waals surface area contributed by atoms with Gasteiger partial charge in [-0.3, -0.25) is 24.1 Å². The molecule has 0 aliphatic carbocycles. The minimum absolute atomic E-state index is 0. The zero-order valence-electron chi connectivity index (χ0n) is 13.8. The van der Waals surface area contributed by atoms with Crippen LogP contribution >= 0.6 is 12.4 Å². The highest BCUT2D eigenvalue weighted by molar-refractivity contribution is 6.03. The minimum atomic E-state index is -1.31. The fourth-order valence-corrected chi connectivity index (χ4v) is 2.53. The maximum absolute atomic E-state index is 12.2. The van der Waals surface area contributed by atoms with Crippen LogP contribution in [0.2, 0.25) is 0 Å². The van der Waals surface area contributed by atoms with E-state index in [0.29, 0.717) is 4.90 Å². The van der Waals surface area contributed by atoms with Gasteiger partial charge in [0, 0.05) is 6.42 Å². The lowest BCUT2D eigenvalue weighted by atomic mass is 10.0. The summed E-state index contributed by atoms with van der Waals surface area (Å²) in [6, 6.07) is 4.29. The fourth-order valence-electron chi connectivity index (χ4n) is 2.53. The van der Waals surface area contributed by atoms with Crippen molar-refractivity contribution < 1.29 is 29.4 Å². The van der Waals surface area contributed by atoms with E-state index in [1.54, 1.807) is 12.1 Å². The Labute approximate surface area is 155 Å². The van der Waals surface area contributed by atoms with Gasteiger partial charge in [-0.2, -0.15) is 0 Å². The molecule has 1 heterocycles. The van der Waals surface area contributed by atoms with Gasteiger partial charge in [-0.05, 0) is 30.5 Å². The van der Waals surface area contributed by atoms with Crippen LogP contribution in [0.1, 0.15) is 18.4 Å². The van der Waals surface area contributed by atoms with Crippen LogP contribution in [0.4, 0.5) is 0 Å². The van der Waals surface area contributed by atoms with Crippen molar-refractivity contribution >= 4 is 36.1 Å². The predicted molar refractivity (Wildman–Crippen MR) is 92.6 cm³/mol. The average Bonchev–Trinajstić information content (AvgIpc) is 2.56. The Balaban J connectivity index is 0.00000338. The van der Waals surface area contributed by atoms with Gasteiger partial charge in [-0.25, -0.2) is 0 Å². The SMILES string of the molecule is Cl.N[C@@H](Cc1ccc(O)cc1)C(=O)N[C@H]1CCC(=O)N(CC(=O)O)C1=O. The third kappa shape index (κ3) is 5.43. The predicted octanol–water partition coefficient (Wildman–Crippen LogP) is -0.598. The molecule has 2 rings (SSSR count). The summed E-state index contributed by atoms with van der Waals surface area (Å²) in [5, 5.41) is 20.5. The van der Waals surface area contributed by atoms with Gasteiger partial charge in [0.15, 0.2) is 0 Å².